The molecule has 1 aliphatic rings. The fourth-order valence-electron chi connectivity index (χ4n) is 5.06. The summed E-state index contributed by atoms with van der Waals surface area (Å²) < 4.78 is 0. The van der Waals surface area contributed by atoms with Crippen molar-refractivity contribution in [3.63, 3.8) is 0 Å². The Labute approximate surface area is 191 Å². The summed E-state index contributed by atoms with van der Waals surface area (Å²) >= 11 is 0. The molecule has 1 fully saturated rings. The molecule has 0 unspecified atom stereocenters. The maximum atomic E-state index is 4.68. The molecule has 0 saturated heterocycles. The molecule has 31 heavy (non-hydrogen) atoms. The summed E-state index contributed by atoms with van der Waals surface area (Å²) in [4.78, 5) is 9.36. The van der Waals surface area contributed by atoms with Gasteiger partial charge in [0.05, 0.1) is 0 Å². The average Bonchev–Trinajstić information content (AvgIpc) is 2.83. The lowest BCUT2D eigenvalue weighted by molar-refractivity contribution is 0.248. The van der Waals surface area contributed by atoms with Crippen molar-refractivity contribution >= 4 is 0 Å². The lowest BCUT2D eigenvalue weighted by atomic mass is 9.78. The fraction of sp³-hybridized carbons (Fsp3) is 0.655. The van der Waals surface area contributed by atoms with Crippen molar-refractivity contribution in [2.75, 3.05) is 0 Å². The zero-order valence-electron chi connectivity index (χ0n) is 20.1. The van der Waals surface area contributed by atoms with Gasteiger partial charge in [0.1, 0.15) is 5.82 Å². The maximum absolute atomic E-state index is 4.68. The van der Waals surface area contributed by atoms with Crippen LogP contribution >= 0.6 is 0 Å². The minimum absolute atomic E-state index is 0.885. The summed E-state index contributed by atoms with van der Waals surface area (Å²) in [5, 5.41) is 0. The minimum atomic E-state index is 0.885. The van der Waals surface area contributed by atoms with E-state index in [1.54, 1.807) is 0 Å². The van der Waals surface area contributed by atoms with E-state index in [2.05, 4.69) is 48.1 Å². The van der Waals surface area contributed by atoms with Crippen LogP contribution in [-0.4, -0.2) is 9.97 Å². The molecule has 1 aliphatic carbocycles. The van der Waals surface area contributed by atoms with E-state index in [0.717, 1.165) is 29.6 Å². The van der Waals surface area contributed by atoms with Crippen molar-refractivity contribution in [2.45, 2.75) is 110 Å². The van der Waals surface area contributed by atoms with Gasteiger partial charge in [-0.25, -0.2) is 9.97 Å². The van der Waals surface area contributed by atoms with E-state index < -0.39 is 0 Å². The van der Waals surface area contributed by atoms with E-state index in [1.807, 2.05) is 12.4 Å². The summed E-state index contributed by atoms with van der Waals surface area (Å²) in [6, 6.07) is 8.93. The Hall–Kier alpha value is -1.70. The van der Waals surface area contributed by atoms with Crippen LogP contribution in [0.5, 0.6) is 0 Å². The van der Waals surface area contributed by atoms with Gasteiger partial charge in [-0.1, -0.05) is 109 Å². The van der Waals surface area contributed by atoms with E-state index >= 15 is 0 Å². The lowest BCUT2D eigenvalue weighted by Crippen LogP contribution is -2.15. The number of aromatic nitrogens is 2. The van der Waals surface area contributed by atoms with E-state index in [-0.39, 0.29) is 0 Å². The molecule has 1 saturated carbocycles. The van der Waals surface area contributed by atoms with Gasteiger partial charge in [-0.05, 0) is 42.2 Å². The SMILES string of the molecule is CCCCCCC[C@H]1CC[C@H](CCc2ncc(-c3ccc(CCCC)cc3)cn2)CC1. The first kappa shape index (κ1) is 24.0. The van der Waals surface area contributed by atoms with Gasteiger partial charge in [-0.3, -0.25) is 0 Å². The van der Waals surface area contributed by atoms with Crippen LogP contribution in [0.25, 0.3) is 11.1 Å². The first-order valence-electron chi connectivity index (χ1n) is 13.2. The molecule has 1 heterocycles. The van der Waals surface area contributed by atoms with Crippen LogP contribution < -0.4 is 0 Å². The molecule has 170 valence electrons. The first-order chi connectivity index (χ1) is 15.3. The number of nitrogens with zero attached hydrogens (tertiary/aromatic N) is 2. The van der Waals surface area contributed by atoms with Gasteiger partial charge in [0.2, 0.25) is 0 Å². The smallest absolute Gasteiger partial charge is 0.128 e. The largest absolute Gasteiger partial charge is 0.241 e. The molecule has 0 radical (unpaired) electrons. The number of rotatable bonds is 13. The van der Waals surface area contributed by atoms with Crippen LogP contribution in [0.15, 0.2) is 36.7 Å². The van der Waals surface area contributed by atoms with Gasteiger partial charge in [-0.15, -0.1) is 0 Å². The Bertz CT molecular complexity index is 711. The van der Waals surface area contributed by atoms with Gasteiger partial charge in [0.25, 0.3) is 0 Å². The molecule has 0 bridgehead atoms. The van der Waals surface area contributed by atoms with E-state index in [0.29, 0.717) is 0 Å². The third-order valence-corrected chi connectivity index (χ3v) is 7.27. The summed E-state index contributed by atoms with van der Waals surface area (Å²) in [6.07, 6.45) is 24.3. The number of benzene rings is 1. The topological polar surface area (TPSA) is 25.8 Å². The van der Waals surface area contributed by atoms with Gasteiger partial charge in [0.15, 0.2) is 0 Å². The molecule has 0 spiro atoms. The molecule has 0 atom stereocenters. The standard InChI is InChI=1S/C29H44N2/c1-3-5-7-8-9-11-25-12-14-26(15-13-25)18-21-29-30-22-28(23-31-29)27-19-16-24(17-20-27)10-6-4-2/h16-17,19-20,22-23,25-26H,3-15,18,21H2,1-2H3/t25-,26-. The molecule has 2 aromatic rings. The highest BCUT2D eigenvalue weighted by molar-refractivity contribution is 5.61. The highest BCUT2D eigenvalue weighted by Crippen LogP contribution is 2.34. The second-order valence-electron chi connectivity index (χ2n) is 9.82. The second-order valence-corrected chi connectivity index (χ2v) is 9.82. The van der Waals surface area contributed by atoms with Gasteiger partial charge in [-0.2, -0.15) is 0 Å². The Kier molecular flexibility index (Phi) is 10.6. The number of aryl methyl sites for hydroxylation is 2. The van der Waals surface area contributed by atoms with Crippen molar-refractivity contribution in [3.8, 4) is 11.1 Å². The van der Waals surface area contributed by atoms with Crippen molar-refractivity contribution < 1.29 is 0 Å². The van der Waals surface area contributed by atoms with Crippen molar-refractivity contribution in [2.24, 2.45) is 11.8 Å². The van der Waals surface area contributed by atoms with Crippen molar-refractivity contribution in [1.82, 2.24) is 9.97 Å². The van der Waals surface area contributed by atoms with E-state index in [4.69, 9.17) is 0 Å². The van der Waals surface area contributed by atoms with E-state index in [9.17, 15) is 0 Å². The quantitative estimate of drug-likeness (QED) is 0.303. The normalized spacial score (nSPS) is 18.9. The number of hydrogen-bond donors (Lipinski definition) is 0. The molecule has 0 amide bonds. The molecule has 0 N–H and O–H groups in total. The van der Waals surface area contributed by atoms with Crippen LogP contribution in [0, 0.1) is 11.8 Å². The van der Waals surface area contributed by atoms with Crippen LogP contribution in [0.2, 0.25) is 0 Å². The molecule has 1 aromatic heterocycles. The highest BCUT2D eigenvalue weighted by atomic mass is 14.9. The predicted molar refractivity (Wildman–Crippen MR) is 133 cm³/mol. The van der Waals surface area contributed by atoms with Crippen LogP contribution in [0.4, 0.5) is 0 Å². The third-order valence-electron chi connectivity index (χ3n) is 7.27. The molecule has 1 aromatic carbocycles. The number of unbranched alkanes of at least 4 members (excludes halogenated alkanes) is 5. The lowest BCUT2D eigenvalue weighted by Gasteiger charge is -2.28. The molecule has 2 heteroatoms. The Morgan fingerprint density at radius 2 is 1.26 bits per heavy atom. The Balaban J connectivity index is 1.36. The molecule has 0 aliphatic heterocycles. The van der Waals surface area contributed by atoms with Crippen molar-refractivity contribution in [1.29, 1.82) is 0 Å². The molecule has 3 rings (SSSR count). The maximum Gasteiger partial charge on any atom is 0.128 e. The van der Waals surface area contributed by atoms with Crippen LogP contribution in [0.3, 0.4) is 0 Å². The van der Waals surface area contributed by atoms with Crippen molar-refractivity contribution in [3.05, 3.63) is 48.0 Å². The fourth-order valence-corrected chi connectivity index (χ4v) is 5.06. The summed E-state index contributed by atoms with van der Waals surface area (Å²) in [6.45, 7) is 4.54. The van der Waals surface area contributed by atoms with Crippen LogP contribution in [0.1, 0.15) is 109 Å². The van der Waals surface area contributed by atoms with Gasteiger partial charge >= 0.3 is 0 Å². The Morgan fingerprint density at radius 3 is 1.90 bits per heavy atom. The monoisotopic (exact) mass is 420 g/mol. The molecule has 2 nitrogen and oxygen atoms in total. The zero-order valence-corrected chi connectivity index (χ0v) is 20.1. The van der Waals surface area contributed by atoms with Gasteiger partial charge in [0, 0.05) is 24.4 Å². The summed E-state index contributed by atoms with van der Waals surface area (Å²) in [5.74, 6) is 2.90. The molecular formula is C29H44N2. The summed E-state index contributed by atoms with van der Waals surface area (Å²) in [7, 11) is 0. The van der Waals surface area contributed by atoms with Gasteiger partial charge < -0.3 is 0 Å². The minimum Gasteiger partial charge on any atom is -0.241 e. The summed E-state index contributed by atoms with van der Waals surface area (Å²) in [5.41, 5.74) is 3.78. The second kappa shape index (κ2) is 13.7. The first-order valence-corrected chi connectivity index (χ1v) is 13.2. The zero-order chi connectivity index (χ0) is 21.7. The van der Waals surface area contributed by atoms with Crippen LogP contribution in [-0.2, 0) is 12.8 Å². The molecular weight excluding hydrogens is 376 g/mol. The van der Waals surface area contributed by atoms with E-state index in [1.165, 1.54) is 101 Å². The third kappa shape index (κ3) is 8.39. The number of hydrogen-bond acceptors (Lipinski definition) is 2. The highest BCUT2D eigenvalue weighted by Gasteiger charge is 2.21. The average molecular weight is 421 g/mol. The Morgan fingerprint density at radius 1 is 0.645 bits per heavy atom. The predicted octanol–water partition coefficient (Wildman–Crippen LogP) is 8.59.